The maximum atomic E-state index is 13.6. The van der Waals surface area contributed by atoms with Crippen LogP contribution in [0.3, 0.4) is 0 Å². The van der Waals surface area contributed by atoms with Gasteiger partial charge in [-0.15, -0.1) is 0 Å². The van der Waals surface area contributed by atoms with Gasteiger partial charge in [-0.2, -0.15) is 0 Å². The Bertz CT molecular complexity index is 1080. The molecule has 8 heteroatoms. The molecule has 0 fully saturated rings. The molecule has 0 bridgehead atoms. The van der Waals surface area contributed by atoms with Crippen molar-refractivity contribution in [3.8, 4) is 17.1 Å². The molecule has 6 nitrogen and oxygen atoms in total. The molecule has 128 valence electrons. The van der Waals surface area contributed by atoms with Gasteiger partial charge in [0.05, 0.1) is 27.9 Å². The van der Waals surface area contributed by atoms with Crippen LogP contribution in [0, 0.1) is 12.7 Å². The maximum absolute atomic E-state index is 13.6. The molecule has 1 aromatic heterocycles. The number of hydrogen-bond acceptors (Lipinski definition) is 5. The Morgan fingerprint density at radius 1 is 1.20 bits per heavy atom. The van der Waals surface area contributed by atoms with Gasteiger partial charge in [0.1, 0.15) is 18.2 Å². The van der Waals surface area contributed by atoms with E-state index < -0.39 is 15.8 Å². The molecule has 0 saturated heterocycles. The molecule has 0 radical (unpaired) electrons. The molecule has 4 rings (SSSR count). The van der Waals surface area contributed by atoms with Crippen LogP contribution in [0.2, 0.25) is 0 Å². The monoisotopic (exact) mass is 360 g/mol. The van der Waals surface area contributed by atoms with E-state index in [1.807, 2.05) is 0 Å². The summed E-state index contributed by atoms with van der Waals surface area (Å²) in [5.41, 5.74) is 1.84. The average molecular weight is 360 g/mol. The molecule has 1 aliphatic heterocycles. The lowest BCUT2D eigenvalue weighted by Gasteiger charge is -2.17. The van der Waals surface area contributed by atoms with Crippen LogP contribution in [0.15, 0.2) is 52.0 Å². The second-order valence-corrected chi connectivity index (χ2v) is 7.38. The highest BCUT2D eigenvalue weighted by Gasteiger charge is 2.25. The summed E-state index contributed by atoms with van der Waals surface area (Å²) in [5, 5.41) is 3.72. The molecular weight excluding hydrogens is 347 g/mol. The van der Waals surface area contributed by atoms with Gasteiger partial charge in [0.15, 0.2) is 5.76 Å². The van der Waals surface area contributed by atoms with Crippen LogP contribution in [0.1, 0.15) is 11.1 Å². The molecule has 0 unspecified atom stereocenters. The zero-order chi connectivity index (χ0) is 17.6. The number of nitrogens with one attached hydrogen (secondary N) is 1. The van der Waals surface area contributed by atoms with E-state index in [1.165, 1.54) is 30.5 Å². The molecule has 25 heavy (non-hydrogen) atoms. The number of rotatable bonds is 3. The maximum Gasteiger partial charge on any atom is 0.261 e. The largest absolute Gasteiger partial charge is 0.488 e. The Hall–Kier alpha value is -2.87. The average Bonchev–Trinajstić information content (AvgIpc) is 3.06. The number of aryl methyl sites for hydroxylation is 1. The van der Waals surface area contributed by atoms with Gasteiger partial charge in [-0.3, -0.25) is 4.72 Å². The third-order valence-electron chi connectivity index (χ3n) is 3.96. The minimum Gasteiger partial charge on any atom is -0.488 e. The molecule has 0 aliphatic carbocycles. The molecular formula is C17H13FN2O4S. The minimum atomic E-state index is -3.90. The van der Waals surface area contributed by atoms with Crippen molar-refractivity contribution in [1.29, 1.82) is 0 Å². The molecule has 1 N–H and O–H groups in total. The van der Waals surface area contributed by atoms with Crippen LogP contribution in [0.4, 0.5) is 10.1 Å². The van der Waals surface area contributed by atoms with E-state index in [1.54, 1.807) is 13.0 Å². The number of hydrogen-bond donors (Lipinski definition) is 1. The summed E-state index contributed by atoms with van der Waals surface area (Å²) in [7, 11) is -3.90. The normalized spacial score (nSPS) is 12.9. The minimum absolute atomic E-state index is 0.0140. The van der Waals surface area contributed by atoms with Crippen LogP contribution < -0.4 is 9.46 Å². The van der Waals surface area contributed by atoms with Crippen LogP contribution >= 0.6 is 0 Å². The fourth-order valence-corrected chi connectivity index (χ4v) is 3.67. The SMILES string of the molecule is Cc1ccc(NS(=O)(=O)c2ccc3c(c2)-c2oncc2CO3)cc1F. The van der Waals surface area contributed by atoms with Gasteiger partial charge >= 0.3 is 0 Å². The highest BCUT2D eigenvalue weighted by Crippen LogP contribution is 2.38. The number of anilines is 1. The Labute approximate surface area is 143 Å². The van der Waals surface area contributed by atoms with Crippen molar-refractivity contribution in [3.63, 3.8) is 0 Å². The topological polar surface area (TPSA) is 81.4 Å². The second-order valence-electron chi connectivity index (χ2n) is 5.70. The van der Waals surface area contributed by atoms with Gasteiger partial charge in [0.25, 0.3) is 10.0 Å². The van der Waals surface area contributed by atoms with E-state index in [2.05, 4.69) is 9.88 Å². The van der Waals surface area contributed by atoms with Crippen molar-refractivity contribution in [2.75, 3.05) is 4.72 Å². The van der Waals surface area contributed by atoms with E-state index in [0.717, 1.165) is 11.6 Å². The molecule has 0 spiro atoms. The van der Waals surface area contributed by atoms with E-state index in [-0.39, 0.29) is 10.6 Å². The zero-order valence-electron chi connectivity index (χ0n) is 13.1. The first kappa shape index (κ1) is 15.6. The van der Waals surface area contributed by atoms with Crippen molar-refractivity contribution < 1.29 is 22.1 Å². The van der Waals surface area contributed by atoms with Gasteiger partial charge in [-0.25, -0.2) is 12.8 Å². The van der Waals surface area contributed by atoms with Gasteiger partial charge in [-0.05, 0) is 42.8 Å². The number of halogens is 1. The molecule has 0 amide bonds. The fraction of sp³-hybridized carbons (Fsp3) is 0.118. The van der Waals surface area contributed by atoms with Crippen molar-refractivity contribution in [3.05, 3.63) is 59.5 Å². The smallest absolute Gasteiger partial charge is 0.261 e. The van der Waals surface area contributed by atoms with E-state index in [4.69, 9.17) is 9.26 Å². The summed E-state index contributed by atoms with van der Waals surface area (Å²) in [6, 6.07) is 8.59. The van der Waals surface area contributed by atoms with Gasteiger partial charge < -0.3 is 9.26 Å². The first-order chi connectivity index (χ1) is 11.9. The molecule has 2 aromatic carbocycles. The van der Waals surface area contributed by atoms with Crippen molar-refractivity contribution >= 4 is 15.7 Å². The van der Waals surface area contributed by atoms with Gasteiger partial charge in [-0.1, -0.05) is 11.2 Å². The van der Waals surface area contributed by atoms with Crippen molar-refractivity contribution in [2.24, 2.45) is 0 Å². The first-order valence-electron chi connectivity index (χ1n) is 7.44. The lowest BCUT2D eigenvalue weighted by molar-refractivity contribution is 0.297. The third kappa shape index (κ3) is 2.74. The first-order valence-corrected chi connectivity index (χ1v) is 8.92. The van der Waals surface area contributed by atoms with Crippen LogP contribution in [-0.2, 0) is 16.6 Å². The van der Waals surface area contributed by atoms with Gasteiger partial charge in [0, 0.05) is 0 Å². The number of fused-ring (bicyclic) bond motifs is 3. The van der Waals surface area contributed by atoms with E-state index in [9.17, 15) is 12.8 Å². The summed E-state index contributed by atoms with van der Waals surface area (Å²) in [6.45, 7) is 1.92. The Balaban J connectivity index is 1.72. The summed E-state index contributed by atoms with van der Waals surface area (Å²) in [4.78, 5) is 0.0140. The molecule has 0 atom stereocenters. The lowest BCUT2D eigenvalue weighted by atomic mass is 10.1. The summed E-state index contributed by atoms with van der Waals surface area (Å²) >= 11 is 0. The number of aromatic nitrogens is 1. The predicted molar refractivity (Wildman–Crippen MR) is 88.2 cm³/mol. The number of ether oxygens (including phenoxy) is 1. The molecule has 2 heterocycles. The number of nitrogens with zero attached hydrogens (tertiary/aromatic N) is 1. The van der Waals surface area contributed by atoms with Gasteiger partial charge in [0.2, 0.25) is 0 Å². The van der Waals surface area contributed by atoms with E-state index in [0.29, 0.717) is 29.2 Å². The Morgan fingerprint density at radius 2 is 2.04 bits per heavy atom. The quantitative estimate of drug-likeness (QED) is 0.773. The lowest BCUT2D eigenvalue weighted by Crippen LogP contribution is -2.14. The molecule has 3 aromatic rings. The Kier molecular flexibility index (Phi) is 3.50. The Morgan fingerprint density at radius 3 is 2.84 bits per heavy atom. The molecule has 1 aliphatic rings. The number of benzene rings is 2. The fourth-order valence-electron chi connectivity index (χ4n) is 2.59. The summed E-state index contributed by atoms with van der Waals surface area (Å²) in [6.07, 6.45) is 1.53. The van der Waals surface area contributed by atoms with Crippen LogP contribution in [-0.4, -0.2) is 13.6 Å². The van der Waals surface area contributed by atoms with Crippen LogP contribution in [0.5, 0.6) is 5.75 Å². The van der Waals surface area contributed by atoms with E-state index >= 15 is 0 Å². The zero-order valence-corrected chi connectivity index (χ0v) is 13.9. The summed E-state index contributed by atoms with van der Waals surface area (Å²) in [5.74, 6) is 0.523. The number of sulfonamides is 1. The third-order valence-corrected chi connectivity index (χ3v) is 5.34. The highest BCUT2D eigenvalue weighted by molar-refractivity contribution is 7.92. The second kappa shape index (κ2) is 5.59. The predicted octanol–water partition coefficient (Wildman–Crippen LogP) is 3.48. The van der Waals surface area contributed by atoms with Crippen molar-refractivity contribution in [2.45, 2.75) is 18.4 Å². The summed E-state index contributed by atoms with van der Waals surface area (Å²) < 4.78 is 52.0. The van der Waals surface area contributed by atoms with Crippen molar-refractivity contribution in [1.82, 2.24) is 5.16 Å². The standard InChI is InChI=1S/C17H13FN2O4S/c1-10-2-3-12(6-15(10)18)20-25(21,22)13-4-5-16-14(7-13)17-11(9-23-16)8-19-24-17/h2-8,20H,9H2,1H3. The van der Waals surface area contributed by atoms with Crippen LogP contribution in [0.25, 0.3) is 11.3 Å². The molecule has 0 saturated carbocycles. The highest BCUT2D eigenvalue weighted by atomic mass is 32.2.